The summed E-state index contributed by atoms with van der Waals surface area (Å²) in [6, 6.07) is 10.3. The molecule has 0 bridgehead atoms. The Morgan fingerprint density at radius 2 is 1.55 bits per heavy atom. The molecule has 2 aromatic rings. The summed E-state index contributed by atoms with van der Waals surface area (Å²) in [6.45, 7) is 3.89. The lowest BCUT2D eigenvalue weighted by Gasteiger charge is -2.26. The minimum Gasteiger partial charge on any atom is -0.457 e. The van der Waals surface area contributed by atoms with Crippen molar-refractivity contribution in [1.82, 2.24) is 0 Å². The molecule has 1 saturated heterocycles. The van der Waals surface area contributed by atoms with Gasteiger partial charge in [0.15, 0.2) is 15.6 Å². The summed E-state index contributed by atoms with van der Waals surface area (Å²) < 4.78 is 82.9. The zero-order valence-corrected chi connectivity index (χ0v) is 18.9. The summed E-state index contributed by atoms with van der Waals surface area (Å²) in [5.74, 6) is -1.20. The van der Waals surface area contributed by atoms with Crippen molar-refractivity contribution in [3.8, 4) is 17.2 Å². The molecule has 0 saturated carbocycles. The fourth-order valence-corrected chi connectivity index (χ4v) is 4.78. The zero-order chi connectivity index (χ0) is 24.3. The van der Waals surface area contributed by atoms with Crippen LogP contribution in [0.2, 0.25) is 0 Å². The molecular formula is C22H25F3O7S. The second-order valence-electron chi connectivity index (χ2n) is 7.53. The van der Waals surface area contributed by atoms with E-state index in [4.69, 9.17) is 14.2 Å². The minimum absolute atomic E-state index is 0.0148. The molecule has 3 rings (SSSR count). The van der Waals surface area contributed by atoms with Gasteiger partial charge in [-0.3, -0.25) is 0 Å². The van der Waals surface area contributed by atoms with Crippen molar-refractivity contribution in [2.24, 2.45) is 0 Å². The molecule has 33 heavy (non-hydrogen) atoms. The molecule has 2 atom stereocenters. The third-order valence-electron chi connectivity index (χ3n) is 5.25. The van der Waals surface area contributed by atoms with Crippen LogP contribution >= 0.6 is 0 Å². The van der Waals surface area contributed by atoms with Crippen molar-refractivity contribution < 1.29 is 45.6 Å². The van der Waals surface area contributed by atoms with Gasteiger partial charge in [-0.1, -0.05) is 13.8 Å². The molecule has 1 heterocycles. The molecule has 0 aromatic heterocycles. The first kappa shape index (κ1) is 25.3. The average molecular weight is 490 g/mol. The molecule has 1 fully saturated rings. The van der Waals surface area contributed by atoms with Gasteiger partial charge < -0.3 is 24.1 Å². The van der Waals surface area contributed by atoms with Crippen molar-refractivity contribution >= 4 is 9.84 Å². The fraction of sp³-hybridized carbons (Fsp3) is 0.455. The van der Waals surface area contributed by atoms with Crippen LogP contribution in [0.15, 0.2) is 53.4 Å². The number of benzene rings is 2. The highest BCUT2D eigenvalue weighted by atomic mass is 32.2. The van der Waals surface area contributed by atoms with Gasteiger partial charge in [0.1, 0.15) is 23.4 Å². The molecule has 11 heteroatoms. The third-order valence-corrected chi connectivity index (χ3v) is 7.02. The van der Waals surface area contributed by atoms with E-state index in [1.165, 1.54) is 36.4 Å². The van der Waals surface area contributed by atoms with Gasteiger partial charge in [-0.2, -0.15) is 0 Å². The van der Waals surface area contributed by atoms with E-state index >= 15 is 0 Å². The quantitative estimate of drug-likeness (QED) is 0.556. The Labute approximate surface area is 190 Å². The van der Waals surface area contributed by atoms with Crippen LogP contribution in [0, 0.1) is 0 Å². The van der Waals surface area contributed by atoms with Crippen LogP contribution in [0.5, 0.6) is 17.2 Å². The fourth-order valence-electron chi connectivity index (χ4n) is 3.38. The maximum Gasteiger partial charge on any atom is 0.573 e. The molecule has 0 spiro atoms. The number of rotatable bonds is 9. The van der Waals surface area contributed by atoms with Gasteiger partial charge in [0, 0.05) is 0 Å². The Bertz CT molecular complexity index is 1020. The molecule has 7 nitrogen and oxygen atoms in total. The largest absolute Gasteiger partial charge is 0.573 e. The van der Waals surface area contributed by atoms with Crippen LogP contribution in [-0.2, 0) is 19.3 Å². The third kappa shape index (κ3) is 6.59. The normalized spacial score (nSPS) is 19.3. The van der Waals surface area contributed by atoms with E-state index < -0.39 is 39.9 Å². The smallest absolute Gasteiger partial charge is 0.457 e. The highest BCUT2D eigenvalue weighted by molar-refractivity contribution is 7.91. The van der Waals surface area contributed by atoms with E-state index in [2.05, 4.69) is 4.74 Å². The van der Waals surface area contributed by atoms with Crippen LogP contribution in [0.3, 0.4) is 0 Å². The summed E-state index contributed by atoms with van der Waals surface area (Å²) in [7, 11) is -3.82. The lowest BCUT2D eigenvalue weighted by molar-refractivity contribution is -0.274. The highest BCUT2D eigenvalue weighted by Gasteiger charge is 2.42. The molecular weight excluding hydrogens is 465 g/mol. The number of alkyl halides is 3. The van der Waals surface area contributed by atoms with Crippen molar-refractivity contribution in [1.29, 1.82) is 0 Å². The number of ether oxygens (including phenoxy) is 4. The summed E-state index contributed by atoms with van der Waals surface area (Å²) in [5.41, 5.74) is 0. The molecule has 0 aliphatic carbocycles. The van der Waals surface area contributed by atoms with Gasteiger partial charge in [0.25, 0.3) is 0 Å². The summed E-state index contributed by atoms with van der Waals surface area (Å²) in [4.78, 5) is -0.0148. The minimum atomic E-state index is -4.79. The number of sulfone groups is 1. The molecule has 1 aliphatic heterocycles. The van der Waals surface area contributed by atoms with Crippen LogP contribution in [0.4, 0.5) is 13.2 Å². The highest BCUT2D eigenvalue weighted by Crippen LogP contribution is 2.32. The van der Waals surface area contributed by atoms with Crippen LogP contribution < -0.4 is 9.47 Å². The van der Waals surface area contributed by atoms with Gasteiger partial charge in [-0.05, 0) is 61.4 Å². The van der Waals surface area contributed by atoms with Crippen molar-refractivity contribution in [3.05, 3.63) is 48.5 Å². The maximum absolute atomic E-state index is 12.7. The molecule has 0 radical (unpaired) electrons. The number of hydrogen-bond donors (Lipinski definition) is 1. The van der Waals surface area contributed by atoms with E-state index in [-0.39, 0.29) is 28.8 Å². The second-order valence-corrected chi connectivity index (χ2v) is 9.56. The standard InChI is InChI=1S/C22H25F3O7S/c1-3-21(4-2)29-13-20(32-21)19(26)14-33(27,28)18-11-9-16(10-12-18)30-15-5-7-17(8-6-15)31-22(23,24)25/h5-12,19-20,26H,3-4,13-14H2,1-2H3/t19-,20+/m1/s1. The number of aliphatic hydroxyl groups is 1. The molecule has 0 unspecified atom stereocenters. The monoisotopic (exact) mass is 490 g/mol. The van der Waals surface area contributed by atoms with Crippen molar-refractivity contribution in [3.63, 3.8) is 0 Å². The van der Waals surface area contributed by atoms with Crippen molar-refractivity contribution in [2.45, 2.75) is 55.9 Å². The van der Waals surface area contributed by atoms with Gasteiger partial charge >= 0.3 is 6.36 Å². The predicted molar refractivity (Wildman–Crippen MR) is 112 cm³/mol. The average Bonchev–Trinajstić information content (AvgIpc) is 3.20. The van der Waals surface area contributed by atoms with Crippen LogP contribution in [0.1, 0.15) is 26.7 Å². The Kier molecular flexibility index (Phi) is 7.57. The van der Waals surface area contributed by atoms with Gasteiger partial charge in [-0.25, -0.2) is 8.42 Å². The van der Waals surface area contributed by atoms with Gasteiger partial charge in [0.2, 0.25) is 0 Å². The SMILES string of the molecule is CCC1(CC)OC[C@@H]([C@H](O)CS(=O)(=O)c2ccc(Oc3ccc(OC(F)(F)F)cc3)cc2)O1. The van der Waals surface area contributed by atoms with Crippen molar-refractivity contribution in [2.75, 3.05) is 12.4 Å². The van der Waals surface area contributed by atoms with Crippen LogP contribution in [0.25, 0.3) is 0 Å². The summed E-state index contributed by atoms with van der Waals surface area (Å²) in [6.07, 6.45) is -5.63. The van der Waals surface area contributed by atoms with Gasteiger partial charge in [0.05, 0.1) is 23.4 Å². The Morgan fingerprint density at radius 3 is 2.03 bits per heavy atom. The maximum atomic E-state index is 12.7. The van der Waals surface area contributed by atoms with Gasteiger partial charge in [-0.15, -0.1) is 13.2 Å². The molecule has 182 valence electrons. The molecule has 2 aromatic carbocycles. The number of aliphatic hydroxyl groups excluding tert-OH is 1. The lowest BCUT2D eigenvalue weighted by Crippen LogP contribution is -2.37. The first-order valence-electron chi connectivity index (χ1n) is 10.3. The first-order valence-corrected chi connectivity index (χ1v) is 12.0. The summed E-state index contributed by atoms with van der Waals surface area (Å²) in [5, 5.41) is 10.4. The Hall–Kier alpha value is -2.34. The Morgan fingerprint density at radius 1 is 1.03 bits per heavy atom. The first-order chi connectivity index (χ1) is 15.5. The number of halogens is 3. The topological polar surface area (TPSA) is 91.3 Å². The van der Waals surface area contributed by atoms with E-state index in [0.29, 0.717) is 12.8 Å². The van der Waals surface area contributed by atoms with E-state index in [1.807, 2.05) is 13.8 Å². The van der Waals surface area contributed by atoms with Crippen LogP contribution in [-0.4, -0.2) is 50.2 Å². The number of hydrogen-bond acceptors (Lipinski definition) is 7. The van der Waals surface area contributed by atoms with E-state index in [9.17, 15) is 26.7 Å². The van der Waals surface area contributed by atoms with E-state index in [1.54, 1.807) is 0 Å². The zero-order valence-electron chi connectivity index (χ0n) is 18.0. The molecule has 0 amide bonds. The Balaban J connectivity index is 1.61. The molecule has 1 N–H and O–H groups in total. The molecule has 1 aliphatic rings. The lowest BCUT2D eigenvalue weighted by atomic mass is 10.1. The predicted octanol–water partition coefficient (Wildman–Crippen LogP) is 4.44. The summed E-state index contributed by atoms with van der Waals surface area (Å²) >= 11 is 0. The van der Waals surface area contributed by atoms with E-state index in [0.717, 1.165) is 12.1 Å². The second kappa shape index (κ2) is 9.88.